The van der Waals surface area contributed by atoms with Gasteiger partial charge in [0.25, 0.3) is 5.91 Å². The average molecular weight is 351 g/mol. The molecule has 0 bridgehead atoms. The van der Waals surface area contributed by atoms with Crippen LogP contribution in [0.25, 0.3) is 0 Å². The Kier molecular flexibility index (Phi) is 5.67. The van der Waals surface area contributed by atoms with Gasteiger partial charge in [-0.25, -0.2) is 0 Å². The van der Waals surface area contributed by atoms with Gasteiger partial charge in [0.1, 0.15) is 0 Å². The van der Waals surface area contributed by atoms with E-state index in [2.05, 4.69) is 35.8 Å². The number of halogens is 1. The molecule has 2 aliphatic rings. The summed E-state index contributed by atoms with van der Waals surface area (Å²) in [7, 11) is 0. The van der Waals surface area contributed by atoms with Crippen LogP contribution < -0.4 is 9.80 Å². The van der Waals surface area contributed by atoms with Crippen molar-refractivity contribution in [2.24, 2.45) is 0 Å². The van der Waals surface area contributed by atoms with Crippen molar-refractivity contribution in [1.82, 2.24) is 4.90 Å². The Morgan fingerprint density at radius 3 is 2.71 bits per heavy atom. The van der Waals surface area contributed by atoms with Crippen LogP contribution in [0.3, 0.4) is 0 Å². The van der Waals surface area contributed by atoms with E-state index < -0.39 is 0 Å². The minimum Gasteiger partial charge on any atom is -0.360 e. The van der Waals surface area contributed by atoms with E-state index >= 15 is 0 Å². The number of piperazine rings is 1. The van der Waals surface area contributed by atoms with Gasteiger partial charge in [0.2, 0.25) is 0 Å². The number of anilines is 1. The first-order valence-corrected chi connectivity index (χ1v) is 9.56. The Balaban J connectivity index is 1.53. The standard InChI is InChI=1S/C19H28ClN3O/c1-15-6-7-17(20)13-18(15)22-11-9-21(10-12-22)14-19(24)23-8-4-3-5-16(23)2/h6-7,13,16H,3-5,8-12,14H2,1-2H3/p+1/t16-/m1/s1. The molecule has 1 aromatic carbocycles. The summed E-state index contributed by atoms with van der Waals surface area (Å²) in [4.78, 5) is 18.5. The summed E-state index contributed by atoms with van der Waals surface area (Å²) >= 11 is 6.15. The summed E-state index contributed by atoms with van der Waals surface area (Å²) in [6.07, 6.45) is 3.57. The fourth-order valence-corrected chi connectivity index (χ4v) is 4.11. The van der Waals surface area contributed by atoms with E-state index in [4.69, 9.17) is 11.6 Å². The van der Waals surface area contributed by atoms with Crippen molar-refractivity contribution in [2.75, 3.05) is 44.2 Å². The molecule has 1 aromatic rings. The van der Waals surface area contributed by atoms with Crippen molar-refractivity contribution in [3.05, 3.63) is 28.8 Å². The van der Waals surface area contributed by atoms with Crippen LogP contribution in [0.15, 0.2) is 18.2 Å². The number of amides is 1. The van der Waals surface area contributed by atoms with Gasteiger partial charge in [0, 0.05) is 23.3 Å². The minimum atomic E-state index is 0.338. The van der Waals surface area contributed by atoms with Crippen LogP contribution >= 0.6 is 11.6 Å². The SMILES string of the molecule is Cc1ccc(Cl)cc1N1CC[NH+](CC(=O)N2CCCC[C@H]2C)CC1. The molecule has 2 saturated heterocycles. The van der Waals surface area contributed by atoms with Crippen molar-refractivity contribution in [3.63, 3.8) is 0 Å². The molecule has 0 saturated carbocycles. The van der Waals surface area contributed by atoms with Gasteiger partial charge in [0.05, 0.1) is 26.2 Å². The summed E-state index contributed by atoms with van der Waals surface area (Å²) in [5, 5.41) is 0.791. The second-order valence-electron chi connectivity index (χ2n) is 7.28. The largest absolute Gasteiger partial charge is 0.360 e. The fourth-order valence-electron chi connectivity index (χ4n) is 3.95. The van der Waals surface area contributed by atoms with Gasteiger partial charge in [-0.3, -0.25) is 4.79 Å². The van der Waals surface area contributed by atoms with Crippen molar-refractivity contribution in [2.45, 2.75) is 39.2 Å². The number of hydrogen-bond donors (Lipinski definition) is 1. The highest BCUT2D eigenvalue weighted by Gasteiger charge is 2.28. The van der Waals surface area contributed by atoms with Crippen molar-refractivity contribution < 1.29 is 9.69 Å². The molecule has 0 spiro atoms. The Hall–Kier alpha value is -1.26. The zero-order valence-electron chi connectivity index (χ0n) is 14.9. The quantitative estimate of drug-likeness (QED) is 0.899. The molecule has 132 valence electrons. The summed E-state index contributed by atoms with van der Waals surface area (Å²) in [6.45, 7) is 9.91. The Morgan fingerprint density at radius 2 is 2.00 bits per heavy atom. The van der Waals surface area contributed by atoms with Crippen LogP contribution in [0.4, 0.5) is 5.69 Å². The second-order valence-corrected chi connectivity index (χ2v) is 7.71. The first-order valence-electron chi connectivity index (χ1n) is 9.19. The lowest BCUT2D eigenvalue weighted by Crippen LogP contribution is -3.16. The van der Waals surface area contributed by atoms with E-state index in [1.165, 1.54) is 22.6 Å². The number of quaternary nitrogens is 1. The normalized spacial score (nSPS) is 22.7. The predicted molar refractivity (Wildman–Crippen MR) is 99.0 cm³/mol. The second kappa shape index (κ2) is 7.75. The van der Waals surface area contributed by atoms with Crippen LogP contribution in [0, 0.1) is 6.92 Å². The third kappa shape index (κ3) is 4.04. The number of carbonyl (C=O) groups is 1. The molecule has 0 aromatic heterocycles. The molecule has 2 aliphatic heterocycles. The Morgan fingerprint density at radius 1 is 1.25 bits per heavy atom. The topological polar surface area (TPSA) is 28.0 Å². The molecule has 0 radical (unpaired) electrons. The first-order chi connectivity index (χ1) is 11.5. The highest BCUT2D eigenvalue weighted by Crippen LogP contribution is 2.24. The highest BCUT2D eigenvalue weighted by atomic mass is 35.5. The maximum atomic E-state index is 12.6. The third-order valence-electron chi connectivity index (χ3n) is 5.51. The first kappa shape index (κ1) is 17.6. The predicted octanol–water partition coefficient (Wildman–Crippen LogP) is 1.75. The van der Waals surface area contributed by atoms with Crippen molar-refractivity contribution in [3.8, 4) is 0 Å². The highest BCUT2D eigenvalue weighted by molar-refractivity contribution is 6.30. The Labute approximate surface area is 150 Å². The van der Waals surface area contributed by atoms with Crippen LogP contribution in [-0.4, -0.2) is 56.1 Å². The molecule has 3 rings (SSSR count). The number of nitrogens with one attached hydrogen (secondary N) is 1. The average Bonchev–Trinajstić information content (AvgIpc) is 2.58. The van der Waals surface area contributed by atoms with Crippen LogP contribution in [0.1, 0.15) is 31.7 Å². The summed E-state index contributed by atoms with van der Waals surface area (Å²) in [5.41, 5.74) is 2.50. The maximum Gasteiger partial charge on any atom is 0.277 e. The molecule has 1 atom stereocenters. The smallest absolute Gasteiger partial charge is 0.277 e. The molecule has 5 heteroatoms. The number of hydrogen-bond acceptors (Lipinski definition) is 2. The number of benzene rings is 1. The van der Waals surface area contributed by atoms with Gasteiger partial charge in [-0.1, -0.05) is 17.7 Å². The van der Waals surface area contributed by atoms with E-state index in [9.17, 15) is 4.79 Å². The summed E-state index contributed by atoms with van der Waals surface area (Å²) in [5.74, 6) is 0.338. The number of carbonyl (C=O) groups excluding carboxylic acids is 1. The van der Waals surface area contributed by atoms with Crippen LogP contribution in [0.5, 0.6) is 0 Å². The van der Waals surface area contributed by atoms with Crippen LogP contribution in [0.2, 0.25) is 5.02 Å². The summed E-state index contributed by atoms with van der Waals surface area (Å²) in [6, 6.07) is 6.50. The molecule has 0 unspecified atom stereocenters. The van der Waals surface area contributed by atoms with E-state index in [1.807, 2.05) is 6.07 Å². The lowest BCUT2D eigenvalue weighted by atomic mass is 10.0. The fraction of sp³-hybridized carbons (Fsp3) is 0.632. The third-order valence-corrected chi connectivity index (χ3v) is 5.74. The Bertz CT molecular complexity index is 584. The molecule has 24 heavy (non-hydrogen) atoms. The van der Waals surface area contributed by atoms with Gasteiger partial charge >= 0.3 is 0 Å². The van der Waals surface area contributed by atoms with Gasteiger partial charge in [-0.15, -0.1) is 0 Å². The summed E-state index contributed by atoms with van der Waals surface area (Å²) < 4.78 is 0. The van der Waals surface area contributed by atoms with Crippen LogP contribution in [-0.2, 0) is 4.79 Å². The van der Waals surface area contributed by atoms with E-state index in [1.54, 1.807) is 0 Å². The zero-order valence-corrected chi connectivity index (χ0v) is 15.6. The number of nitrogens with zero attached hydrogens (tertiary/aromatic N) is 2. The molecular formula is C19H29ClN3O+. The number of rotatable bonds is 3. The van der Waals surface area contributed by atoms with Gasteiger partial charge < -0.3 is 14.7 Å². The van der Waals surface area contributed by atoms with Gasteiger partial charge in [-0.2, -0.15) is 0 Å². The monoisotopic (exact) mass is 350 g/mol. The molecule has 2 heterocycles. The molecule has 1 amide bonds. The number of aryl methyl sites for hydroxylation is 1. The van der Waals surface area contributed by atoms with E-state index in [0.717, 1.165) is 50.6 Å². The van der Waals surface area contributed by atoms with Crippen molar-refractivity contribution in [1.29, 1.82) is 0 Å². The lowest BCUT2D eigenvalue weighted by Gasteiger charge is -2.37. The molecule has 4 nitrogen and oxygen atoms in total. The van der Waals surface area contributed by atoms with E-state index in [-0.39, 0.29) is 0 Å². The van der Waals surface area contributed by atoms with E-state index in [0.29, 0.717) is 18.5 Å². The molecular weight excluding hydrogens is 322 g/mol. The zero-order chi connectivity index (χ0) is 17.1. The van der Waals surface area contributed by atoms with Gasteiger partial charge in [-0.05, 0) is 50.8 Å². The number of likely N-dealkylation sites (tertiary alicyclic amines) is 1. The van der Waals surface area contributed by atoms with Crippen molar-refractivity contribution >= 4 is 23.2 Å². The molecule has 0 aliphatic carbocycles. The van der Waals surface area contributed by atoms with Gasteiger partial charge in [0.15, 0.2) is 6.54 Å². The molecule has 2 fully saturated rings. The molecule has 1 N–H and O–H groups in total. The lowest BCUT2D eigenvalue weighted by molar-refractivity contribution is -0.892. The minimum absolute atomic E-state index is 0.338. The number of piperidine rings is 1. The maximum absolute atomic E-state index is 12.6.